The minimum Gasteiger partial charge on any atom is -0.398 e. The number of carbonyl (C=O) groups excluding carboxylic acids is 1. The first kappa shape index (κ1) is 25.7. The molecule has 4 saturated heterocycles. The maximum atomic E-state index is 16.0. The molecule has 43 heavy (non-hydrogen) atoms. The monoisotopic (exact) mass is 574 g/mol. The number of nitrogens with zero attached hydrogens (tertiary/aromatic N) is 3. The van der Waals surface area contributed by atoms with Gasteiger partial charge in [-0.3, -0.25) is 14.6 Å². The van der Waals surface area contributed by atoms with Crippen LogP contribution in [-0.4, -0.2) is 60.4 Å². The Hall–Kier alpha value is -2.63. The third kappa shape index (κ3) is 2.75. The zero-order valence-electron chi connectivity index (χ0n) is 25.9. The van der Waals surface area contributed by atoms with Crippen LogP contribution in [0.25, 0.3) is 0 Å². The van der Waals surface area contributed by atoms with E-state index >= 15 is 4.79 Å². The van der Waals surface area contributed by atoms with Crippen molar-refractivity contribution in [1.29, 1.82) is 0 Å². The van der Waals surface area contributed by atoms with E-state index in [1.54, 1.807) is 16.8 Å². The van der Waals surface area contributed by atoms with Crippen LogP contribution in [0, 0.1) is 29.1 Å². The van der Waals surface area contributed by atoms with Gasteiger partial charge >= 0.3 is 0 Å². The lowest BCUT2D eigenvalue weighted by molar-refractivity contribution is -0.153. The maximum absolute atomic E-state index is 16.0. The summed E-state index contributed by atoms with van der Waals surface area (Å²) in [6.07, 6.45) is 7.95. The van der Waals surface area contributed by atoms with Crippen molar-refractivity contribution in [3.8, 4) is 0 Å². The summed E-state index contributed by atoms with van der Waals surface area (Å²) in [5.41, 5.74) is 14.3. The Bertz CT molecular complexity index is 1600. The second-order valence-corrected chi connectivity index (χ2v) is 15.7. The van der Waals surface area contributed by atoms with Gasteiger partial charge in [0.2, 0.25) is 0 Å². The van der Waals surface area contributed by atoms with Gasteiger partial charge in [-0.25, -0.2) is 0 Å². The molecule has 5 fully saturated rings. The summed E-state index contributed by atoms with van der Waals surface area (Å²) in [5, 5.41) is 0. The zero-order valence-corrected chi connectivity index (χ0v) is 25.9. The van der Waals surface area contributed by atoms with Crippen LogP contribution in [0.3, 0.4) is 0 Å². The van der Waals surface area contributed by atoms with Crippen molar-refractivity contribution in [3.63, 3.8) is 0 Å². The molecule has 0 radical (unpaired) electrons. The summed E-state index contributed by atoms with van der Waals surface area (Å²) >= 11 is 0. The minimum atomic E-state index is -0.492. The molecule has 224 valence electrons. The smallest absolute Gasteiger partial charge is 0.153 e. The van der Waals surface area contributed by atoms with Crippen molar-refractivity contribution < 1.29 is 4.79 Å². The average molecular weight is 575 g/mol. The molecule has 2 aliphatic carbocycles. The second kappa shape index (κ2) is 8.34. The number of Topliss-reactive ketones (excluding diaryl/α,β-unsaturated/α-hetero) is 1. The summed E-state index contributed by atoms with van der Waals surface area (Å²) in [6.45, 7) is 10.3. The number of fused-ring (bicyclic) bond motifs is 6. The fourth-order valence-electron chi connectivity index (χ4n) is 13.2. The third-order valence-corrected chi connectivity index (χ3v) is 14.8. The maximum Gasteiger partial charge on any atom is 0.153 e. The summed E-state index contributed by atoms with van der Waals surface area (Å²) in [4.78, 5) is 24.3. The summed E-state index contributed by atoms with van der Waals surface area (Å²) in [7, 11) is 0. The van der Waals surface area contributed by atoms with Crippen molar-refractivity contribution in [2.24, 2.45) is 29.1 Å². The molecule has 9 atom stereocenters. The topological polar surface area (TPSA) is 52.8 Å². The van der Waals surface area contributed by atoms with E-state index in [9.17, 15) is 0 Å². The van der Waals surface area contributed by atoms with E-state index in [2.05, 4.69) is 64.9 Å². The lowest BCUT2D eigenvalue weighted by Gasteiger charge is -2.63. The number of nitrogen functional groups attached to an aromatic ring is 1. The van der Waals surface area contributed by atoms with E-state index in [-0.39, 0.29) is 16.9 Å². The molecular formula is C38H46N4O. The Morgan fingerprint density at radius 2 is 1.51 bits per heavy atom. The van der Waals surface area contributed by atoms with Crippen LogP contribution in [0.2, 0.25) is 0 Å². The van der Waals surface area contributed by atoms with Crippen molar-refractivity contribution in [2.45, 2.75) is 81.7 Å². The Morgan fingerprint density at radius 3 is 2.28 bits per heavy atom. The SMILES string of the molecule is CC[C@@H]1CN2CC[C@@]34C5=C(C[C@]6(CN5c5ccccc53)C(=O)[C@@]3(c5ccccc5N)CCN5C[C@@H](CC)C6C[C@H]53)C1C[C@H]24. The number of anilines is 2. The molecule has 2 aromatic carbocycles. The van der Waals surface area contributed by atoms with Gasteiger partial charge in [-0.05, 0) is 97.7 Å². The van der Waals surface area contributed by atoms with Gasteiger partial charge in [0.15, 0.2) is 5.78 Å². The van der Waals surface area contributed by atoms with E-state index in [0.717, 1.165) is 56.6 Å². The molecule has 6 heterocycles. The van der Waals surface area contributed by atoms with Crippen molar-refractivity contribution in [1.82, 2.24) is 9.80 Å². The molecular weight excluding hydrogens is 528 g/mol. The highest BCUT2D eigenvalue weighted by Crippen LogP contribution is 2.70. The number of rotatable bonds is 3. The molecule has 2 spiro atoms. The standard InChI is InChI=1S/C38H46N4O/c1-3-23-20-40-15-13-37-28-10-6-8-12-31(28)42-22-36(19-26(34(37)42)25(23)17-32(37)40)29-18-33-38(35(36)43,27-9-5-7-11-30(27)39)14-16-41(33)21-24(29)4-2/h5-12,23-25,29,32-33H,3-4,13-22,39H2,1-2H3/t23-,24-,25?,29?,32+,33+,36-,37-,38-/m1/s1. The van der Waals surface area contributed by atoms with Gasteiger partial charge in [-0.15, -0.1) is 0 Å². The molecule has 4 bridgehead atoms. The predicted octanol–water partition coefficient (Wildman–Crippen LogP) is 5.75. The summed E-state index contributed by atoms with van der Waals surface area (Å²) < 4.78 is 0. The molecule has 5 heteroatoms. The van der Waals surface area contributed by atoms with Crippen LogP contribution >= 0.6 is 0 Å². The van der Waals surface area contributed by atoms with Gasteiger partial charge in [0.25, 0.3) is 0 Å². The quantitative estimate of drug-likeness (QED) is 0.474. The molecule has 10 rings (SSSR count). The molecule has 2 unspecified atom stereocenters. The van der Waals surface area contributed by atoms with Gasteiger partial charge in [0, 0.05) is 48.8 Å². The Morgan fingerprint density at radius 1 is 0.837 bits per heavy atom. The van der Waals surface area contributed by atoms with E-state index in [1.807, 2.05) is 12.1 Å². The Balaban J connectivity index is 1.23. The van der Waals surface area contributed by atoms with Crippen molar-refractivity contribution in [2.75, 3.05) is 43.4 Å². The van der Waals surface area contributed by atoms with Crippen LogP contribution in [0.5, 0.6) is 0 Å². The second-order valence-electron chi connectivity index (χ2n) is 15.7. The van der Waals surface area contributed by atoms with E-state index in [0.29, 0.717) is 35.5 Å². The van der Waals surface area contributed by atoms with Crippen LogP contribution in [0.1, 0.15) is 69.9 Å². The van der Waals surface area contributed by atoms with E-state index in [1.165, 1.54) is 38.0 Å². The minimum absolute atomic E-state index is 0.116. The van der Waals surface area contributed by atoms with Gasteiger partial charge in [0.05, 0.1) is 16.2 Å². The fraction of sp³-hybridized carbons (Fsp3) is 0.605. The number of benzene rings is 2. The predicted molar refractivity (Wildman–Crippen MR) is 171 cm³/mol. The molecule has 2 aromatic rings. The molecule has 8 aliphatic rings. The highest BCUT2D eigenvalue weighted by molar-refractivity contribution is 6.00. The first-order valence-electron chi connectivity index (χ1n) is 17.5. The van der Waals surface area contributed by atoms with Gasteiger partial charge in [-0.1, -0.05) is 63.1 Å². The molecule has 5 nitrogen and oxygen atoms in total. The zero-order chi connectivity index (χ0) is 28.9. The summed E-state index contributed by atoms with van der Waals surface area (Å²) in [5.74, 6) is 2.85. The van der Waals surface area contributed by atoms with Gasteiger partial charge < -0.3 is 10.6 Å². The molecule has 2 N–H and O–H groups in total. The van der Waals surface area contributed by atoms with E-state index < -0.39 is 5.41 Å². The molecule has 0 aromatic heterocycles. The van der Waals surface area contributed by atoms with Crippen molar-refractivity contribution >= 4 is 17.2 Å². The number of hydrogen-bond donors (Lipinski definition) is 1. The van der Waals surface area contributed by atoms with E-state index in [4.69, 9.17) is 5.73 Å². The number of nitrogens with two attached hydrogens (primary N) is 1. The van der Waals surface area contributed by atoms with Crippen LogP contribution < -0.4 is 10.6 Å². The Labute approximate surface area is 256 Å². The first-order chi connectivity index (χ1) is 21.0. The van der Waals surface area contributed by atoms with Gasteiger partial charge in [0.1, 0.15) is 0 Å². The molecule has 6 aliphatic heterocycles. The normalized spacial score (nSPS) is 43.9. The largest absolute Gasteiger partial charge is 0.398 e. The summed E-state index contributed by atoms with van der Waals surface area (Å²) in [6, 6.07) is 18.7. The van der Waals surface area contributed by atoms with Gasteiger partial charge in [-0.2, -0.15) is 0 Å². The number of ketones is 1. The fourth-order valence-corrected chi connectivity index (χ4v) is 13.2. The lowest BCUT2D eigenvalue weighted by atomic mass is 9.45. The molecule has 1 saturated carbocycles. The number of para-hydroxylation sites is 2. The number of carbonyl (C=O) groups is 1. The number of piperidine rings is 2. The van der Waals surface area contributed by atoms with Crippen LogP contribution in [0.15, 0.2) is 59.8 Å². The number of hydrogen-bond acceptors (Lipinski definition) is 5. The van der Waals surface area contributed by atoms with Crippen molar-refractivity contribution in [3.05, 3.63) is 70.9 Å². The van der Waals surface area contributed by atoms with Crippen LogP contribution in [0.4, 0.5) is 11.4 Å². The first-order valence-corrected chi connectivity index (χ1v) is 17.5. The highest BCUT2D eigenvalue weighted by Gasteiger charge is 2.73. The molecule has 0 amide bonds. The van der Waals surface area contributed by atoms with Crippen LogP contribution in [-0.2, 0) is 15.6 Å². The average Bonchev–Trinajstić information content (AvgIpc) is 3.72. The lowest BCUT2D eigenvalue weighted by Crippen LogP contribution is -2.70. The Kier molecular flexibility index (Phi) is 4.98. The highest BCUT2D eigenvalue weighted by atomic mass is 16.1. The number of allylic oxidation sites excluding steroid dienone is 1. The third-order valence-electron chi connectivity index (χ3n) is 14.8.